The van der Waals surface area contributed by atoms with Crippen LogP contribution in [0.15, 0.2) is 29.3 Å². The summed E-state index contributed by atoms with van der Waals surface area (Å²) in [6, 6.07) is 8.61. The molecule has 1 aliphatic carbocycles. The minimum absolute atomic E-state index is 0.439. The van der Waals surface area contributed by atoms with Crippen LogP contribution in [0, 0.1) is 5.41 Å². The highest BCUT2D eigenvalue weighted by atomic mass is 15.5. The molecule has 2 aliphatic rings. The number of rotatable bonds is 1. The summed E-state index contributed by atoms with van der Waals surface area (Å²) in [7, 11) is 4.06. The van der Waals surface area contributed by atoms with Crippen molar-refractivity contribution < 1.29 is 0 Å². The molecule has 1 aromatic carbocycles. The average Bonchev–Trinajstić information content (AvgIpc) is 2.72. The summed E-state index contributed by atoms with van der Waals surface area (Å²) in [5.74, 6) is 1.12. The molecular formula is C16H23N3. The fourth-order valence-corrected chi connectivity index (χ4v) is 3.58. The smallest absolute Gasteiger partial charge is 0.117 e. The average molecular weight is 257 g/mol. The molecule has 1 saturated carbocycles. The Labute approximate surface area is 115 Å². The Hall–Kier alpha value is -1.35. The van der Waals surface area contributed by atoms with Gasteiger partial charge in [0.05, 0.1) is 5.69 Å². The van der Waals surface area contributed by atoms with Gasteiger partial charge in [-0.15, -0.1) is 0 Å². The van der Waals surface area contributed by atoms with Gasteiger partial charge < -0.3 is 5.43 Å². The number of aliphatic imine (C=N–C) groups is 1. The quantitative estimate of drug-likeness (QED) is 0.782. The van der Waals surface area contributed by atoms with Crippen LogP contribution >= 0.6 is 0 Å². The van der Waals surface area contributed by atoms with E-state index in [4.69, 9.17) is 4.99 Å². The summed E-state index contributed by atoms with van der Waals surface area (Å²) in [4.78, 5) is 4.86. The Kier molecular flexibility index (Phi) is 3.31. The van der Waals surface area contributed by atoms with E-state index in [0.29, 0.717) is 5.41 Å². The Balaban J connectivity index is 1.98. The molecule has 3 nitrogen and oxygen atoms in total. The van der Waals surface area contributed by atoms with Gasteiger partial charge in [0, 0.05) is 20.5 Å². The second kappa shape index (κ2) is 4.97. The van der Waals surface area contributed by atoms with Crippen LogP contribution in [-0.4, -0.2) is 24.9 Å². The van der Waals surface area contributed by atoms with E-state index in [9.17, 15) is 0 Å². The van der Waals surface area contributed by atoms with E-state index in [-0.39, 0.29) is 0 Å². The molecule has 0 saturated heterocycles. The summed E-state index contributed by atoms with van der Waals surface area (Å²) in [5, 5.41) is 2.00. The molecule has 0 atom stereocenters. The number of para-hydroxylation sites is 1. The zero-order valence-electron chi connectivity index (χ0n) is 11.9. The van der Waals surface area contributed by atoms with Gasteiger partial charge in [-0.05, 0) is 36.3 Å². The highest BCUT2D eigenvalue weighted by molar-refractivity contribution is 5.86. The first-order valence-corrected chi connectivity index (χ1v) is 7.26. The first-order chi connectivity index (χ1) is 9.17. The Morgan fingerprint density at radius 2 is 1.84 bits per heavy atom. The predicted molar refractivity (Wildman–Crippen MR) is 79.6 cm³/mol. The number of amidine groups is 1. The van der Waals surface area contributed by atoms with E-state index < -0.39 is 0 Å². The summed E-state index contributed by atoms with van der Waals surface area (Å²) in [6.45, 7) is 0. The van der Waals surface area contributed by atoms with Gasteiger partial charge in [0.15, 0.2) is 0 Å². The van der Waals surface area contributed by atoms with E-state index in [2.05, 4.69) is 29.7 Å². The fraction of sp³-hybridized carbons (Fsp3) is 0.562. The third kappa shape index (κ3) is 2.66. The molecule has 0 aromatic heterocycles. The molecule has 3 rings (SSSR count). The lowest BCUT2D eigenvalue weighted by Gasteiger charge is -2.29. The molecule has 102 valence electrons. The number of benzene rings is 1. The first kappa shape index (κ1) is 12.7. The second-order valence-electron chi connectivity index (χ2n) is 6.25. The minimum atomic E-state index is 0.439. The van der Waals surface area contributed by atoms with Crippen LogP contribution in [0.5, 0.6) is 0 Å². The summed E-state index contributed by atoms with van der Waals surface area (Å²) in [5.41, 5.74) is 6.40. The van der Waals surface area contributed by atoms with Gasteiger partial charge in [-0.1, -0.05) is 31.0 Å². The van der Waals surface area contributed by atoms with Gasteiger partial charge >= 0.3 is 0 Å². The predicted octanol–water partition coefficient (Wildman–Crippen LogP) is 3.29. The number of fused-ring (bicyclic) bond motifs is 1. The van der Waals surface area contributed by atoms with Crippen molar-refractivity contribution in [3.63, 3.8) is 0 Å². The Bertz CT molecular complexity index is 485. The molecule has 1 aromatic rings. The van der Waals surface area contributed by atoms with E-state index >= 15 is 0 Å². The maximum absolute atomic E-state index is 4.86. The summed E-state index contributed by atoms with van der Waals surface area (Å²) >= 11 is 0. The maximum Gasteiger partial charge on any atom is 0.117 e. The van der Waals surface area contributed by atoms with Crippen molar-refractivity contribution in [3.05, 3.63) is 29.8 Å². The van der Waals surface area contributed by atoms with Crippen LogP contribution in [0.1, 0.15) is 37.7 Å². The highest BCUT2D eigenvalue weighted by Crippen LogP contribution is 2.46. The van der Waals surface area contributed by atoms with Crippen molar-refractivity contribution in [2.24, 2.45) is 10.4 Å². The minimum Gasteiger partial charge on any atom is -0.307 e. The fourth-order valence-electron chi connectivity index (χ4n) is 3.58. The molecule has 0 unspecified atom stereocenters. The van der Waals surface area contributed by atoms with Crippen molar-refractivity contribution in [1.29, 1.82) is 0 Å². The van der Waals surface area contributed by atoms with Crippen molar-refractivity contribution in [1.82, 2.24) is 10.4 Å². The van der Waals surface area contributed by atoms with E-state index in [1.54, 1.807) is 0 Å². The van der Waals surface area contributed by atoms with E-state index in [0.717, 1.165) is 17.9 Å². The monoisotopic (exact) mass is 257 g/mol. The number of nitrogens with zero attached hydrogens (tertiary/aromatic N) is 2. The molecule has 1 fully saturated rings. The first-order valence-electron chi connectivity index (χ1n) is 7.26. The van der Waals surface area contributed by atoms with Crippen LogP contribution in [0.2, 0.25) is 0 Å². The summed E-state index contributed by atoms with van der Waals surface area (Å²) in [6.07, 6.45) is 7.70. The molecule has 3 heteroatoms. The molecule has 0 amide bonds. The Morgan fingerprint density at radius 3 is 2.58 bits per heavy atom. The van der Waals surface area contributed by atoms with Crippen LogP contribution < -0.4 is 5.43 Å². The van der Waals surface area contributed by atoms with E-state index in [1.807, 2.05) is 19.1 Å². The van der Waals surface area contributed by atoms with E-state index in [1.165, 1.54) is 37.7 Å². The van der Waals surface area contributed by atoms with Gasteiger partial charge in [-0.3, -0.25) is 0 Å². The molecule has 19 heavy (non-hydrogen) atoms. The number of hydrazine groups is 1. The third-order valence-electron chi connectivity index (χ3n) is 4.37. The molecular weight excluding hydrogens is 234 g/mol. The topological polar surface area (TPSA) is 27.6 Å². The van der Waals surface area contributed by atoms with Crippen LogP contribution in [0.3, 0.4) is 0 Å². The normalized spacial score (nSPS) is 21.1. The van der Waals surface area contributed by atoms with Crippen molar-refractivity contribution in [3.8, 4) is 0 Å². The molecule has 1 spiro atoms. The second-order valence-corrected chi connectivity index (χ2v) is 6.25. The molecule has 0 bridgehead atoms. The third-order valence-corrected chi connectivity index (χ3v) is 4.37. The van der Waals surface area contributed by atoms with Crippen molar-refractivity contribution >= 4 is 11.5 Å². The van der Waals surface area contributed by atoms with Gasteiger partial charge in [0.25, 0.3) is 0 Å². The largest absolute Gasteiger partial charge is 0.307 e. The van der Waals surface area contributed by atoms with Crippen molar-refractivity contribution in [2.75, 3.05) is 14.1 Å². The Morgan fingerprint density at radius 1 is 1.11 bits per heavy atom. The van der Waals surface area contributed by atoms with Gasteiger partial charge in [0.1, 0.15) is 5.84 Å². The molecule has 0 radical (unpaired) electrons. The lowest BCUT2D eigenvalue weighted by Crippen LogP contribution is -2.39. The molecule has 1 aliphatic heterocycles. The van der Waals surface area contributed by atoms with Gasteiger partial charge in [-0.25, -0.2) is 10.0 Å². The zero-order valence-corrected chi connectivity index (χ0v) is 11.9. The number of nitrogens with one attached hydrogen (secondary N) is 1. The van der Waals surface area contributed by atoms with Crippen LogP contribution in [0.25, 0.3) is 0 Å². The standard InChI is InChI=1S/C16H23N3/c1-19(2)18-15-12-16(9-5-6-10-16)11-13-7-3-4-8-14(13)17-15/h3-4,7-8H,5-6,9-12H2,1-2H3,(H,17,18). The summed E-state index contributed by atoms with van der Waals surface area (Å²) < 4.78 is 0. The SMILES string of the molecule is CN(C)NC1=Nc2ccccc2CC2(CCCC2)C1. The number of hydrogen-bond donors (Lipinski definition) is 1. The lowest BCUT2D eigenvalue weighted by atomic mass is 9.77. The lowest BCUT2D eigenvalue weighted by molar-refractivity contribution is 0.293. The number of hydrogen-bond acceptors (Lipinski definition) is 3. The highest BCUT2D eigenvalue weighted by Gasteiger charge is 2.37. The van der Waals surface area contributed by atoms with Gasteiger partial charge in [-0.2, -0.15) is 0 Å². The molecule has 1 heterocycles. The maximum atomic E-state index is 4.86. The zero-order chi connectivity index (χ0) is 13.3. The van der Waals surface area contributed by atoms with Crippen LogP contribution in [-0.2, 0) is 6.42 Å². The van der Waals surface area contributed by atoms with Gasteiger partial charge in [0.2, 0.25) is 0 Å². The van der Waals surface area contributed by atoms with Crippen LogP contribution in [0.4, 0.5) is 5.69 Å². The molecule has 1 N–H and O–H groups in total. The van der Waals surface area contributed by atoms with Crippen molar-refractivity contribution in [2.45, 2.75) is 38.5 Å².